The maximum absolute atomic E-state index is 10.5. The van der Waals surface area contributed by atoms with Gasteiger partial charge in [0.25, 0.3) is 0 Å². The monoisotopic (exact) mass is 236 g/mol. The molecule has 4 nitrogen and oxygen atoms in total. The molecule has 6 heteroatoms. The van der Waals surface area contributed by atoms with Gasteiger partial charge in [0.2, 0.25) is 0 Å². The van der Waals surface area contributed by atoms with E-state index < -0.39 is 5.97 Å². The molecule has 0 saturated heterocycles. The highest BCUT2D eigenvalue weighted by Gasteiger charge is 2.11. The molecule has 14 heavy (non-hydrogen) atoms. The van der Waals surface area contributed by atoms with Crippen LogP contribution in [0.4, 0.5) is 5.69 Å². The van der Waals surface area contributed by atoms with Crippen LogP contribution in [0.1, 0.15) is 10.4 Å². The summed E-state index contributed by atoms with van der Waals surface area (Å²) in [4.78, 5) is 10.5. The summed E-state index contributed by atoms with van der Waals surface area (Å²) in [6.45, 7) is 0. The van der Waals surface area contributed by atoms with Gasteiger partial charge in [0, 0.05) is 5.02 Å². The number of benzene rings is 1. The van der Waals surface area contributed by atoms with Gasteiger partial charge < -0.3 is 16.6 Å². The van der Waals surface area contributed by atoms with Crippen LogP contribution >= 0.6 is 23.2 Å². The molecule has 0 radical (unpaired) electrons. The predicted molar refractivity (Wildman–Crippen MR) is 57.9 cm³/mol. The van der Waals surface area contributed by atoms with E-state index in [1.54, 1.807) is 0 Å². The summed E-state index contributed by atoms with van der Waals surface area (Å²) in [7, 11) is 1.50. The Labute approximate surface area is 91.4 Å². The van der Waals surface area contributed by atoms with Crippen molar-refractivity contribution in [3.05, 3.63) is 27.7 Å². The third-order valence-electron chi connectivity index (χ3n) is 1.30. The van der Waals surface area contributed by atoms with Crippen molar-refractivity contribution in [2.75, 3.05) is 12.8 Å². The number of rotatable bonds is 1. The van der Waals surface area contributed by atoms with E-state index in [1.807, 2.05) is 0 Å². The first-order valence-electron chi connectivity index (χ1n) is 3.58. The summed E-state index contributed by atoms with van der Waals surface area (Å²) in [5.74, 6) is -1.14. The minimum absolute atomic E-state index is 0.0203. The van der Waals surface area contributed by atoms with E-state index in [9.17, 15) is 4.79 Å². The van der Waals surface area contributed by atoms with Gasteiger partial charge >= 0.3 is 5.97 Å². The number of hydrogen-bond donors (Lipinski definition) is 3. The smallest absolute Gasteiger partial charge is 0.337 e. The average molecular weight is 237 g/mol. The molecule has 0 fully saturated rings. The van der Waals surface area contributed by atoms with Crippen LogP contribution in [0.15, 0.2) is 12.1 Å². The largest absolute Gasteiger partial charge is 0.478 e. The molecule has 1 aromatic rings. The van der Waals surface area contributed by atoms with Crippen LogP contribution in [0, 0.1) is 0 Å². The Hall–Kier alpha value is -0.970. The summed E-state index contributed by atoms with van der Waals surface area (Å²) in [6, 6.07) is 2.65. The Bertz CT molecular complexity index is 342. The third kappa shape index (κ3) is 3.06. The number of halogens is 2. The fraction of sp³-hybridized carbons (Fsp3) is 0.125. The lowest BCUT2D eigenvalue weighted by atomic mass is 10.2. The van der Waals surface area contributed by atoms with E-state index in [4.69, 9.17) is 34.0 Å². The number of aromatic carboxylic acids is 1. The summed E-state index contributed by atoms with van der Waals surface area (Å²) < 4.78 is 0. The quantitative estimate of drug-likeness (QED) is 0.650. The van der Waals surface area contributed by atoms with Gasteiger partial charge in [0.05, 0.1) is 16.3 Å². The Morgan fingerprint density at radius 1 is 1.36 bits per heavy atom. The molecule has 0 unspecified atom stereocenters. The summed E-state index contributed by atoms with van der Waals surface area (Å²) >= 11 is 11.2. The minimum atomic E-state index is -1.14. The standard InChI is InChI=1S/C7H5Cl2NO2.CH5N/c8-3-1-4(7(11)12)6(9)5(10)2-3;1-2/h1-2H,10H2,(H,11,12);2H2,1H3. The topological polar surface area (TPSA) is 89.3 Å². The first kappa shape index (κ1) is 13.0. The van der Waals surface area contributed by atoms with Crippen molar-refractivity contribution in [3.8, 4) is 0 Å². The summed E-state index contributed by atoms with van der Waals surface area (Å²) in [6.07, 6.45) is 0. The van der Waals surface area contributed by atoms with Crippen LogP contribution in [0.2, 0.25) is 10.0 Å². The van der Waals surface area contributed by atoms with Gasteiger partial charge in [-0.25, -0.2) is 4.79 Å². The van der Waals surface area contributed by atoms with Crippen LogP contribution in [-0.2, 0) is 0 Å². The zero-order chi connectivity index (χ0) is 11.3. The van der Waals surface area contributed by atoms with Gasteiger partial charge in [-0.15, -0.1) is 0 Å². The lowest BCUT2D eigenvalue weighted by Gasteiger charge is -2.02. The number of carbonyl (C=O) groups is 1. The highest BCUT2D eigenvalue weighted by atomic mass is 35.5. The molecule has 0 atom stereocenters. The van der Waals surface area contributed by atoms with Gasteiger partial charge in [0.15, 0.2) is 0 Å². The van der Waals surface area contributed by atoms with Crippen LogP contribution in [0.3, 0.4) is 0 Å². The number of nitrogens with two attached hydrogens (primary N) is 2. The first-order chi connectivity index (χ1) is 6.52. The van der Waals surface area contributed by atoms with Gasteiger partial charge in [-0.3, -0.25) is 0 Å². The first-order valence-corrected chi connectivity index (χ1v) is 4.33. The van der Waals surface area contributed by atoms with E-state index in [2.05, 4.69) is 5.73 Å². The molecule has 5 N–H and O–H groups in total. The predicted octanol–water partition coefficient (Wildman–Crippen LogP) is 1.85. The molecule has 0 aliphatic heterocycles. The molecule has 0 amide bonds. The zero-order valence-electron chi connectivity index (χ0n) is 7.42. The van der Waals surface area contributed by atoms with Crippen molar-refractivity contribution in [2.45, 2.75) is 0 Å². The maximum atomic E-state index is 10.5. The number of anilines is 1. The fourth-order valence-corrected chi connectivity index (χ4v) is 1.18. The summed E-state index contributed by atoms with van der Waals surface area (Å²) in [5, 5.41) is 8.89. The van der Waals surface area contributed by atoms with Crippen molar-refractivity contribution in [1.82, 2.24) is 0 Å². The molecule has 0 spiro atoms. The Morgan fingerprint density at radius 2 is 1.86 bits per heavy atom. The van der Waals surface area contributed by atoms with Crippen molar-refractivity contribution in [1.29, 1.82) is 0 Å². The van der Waals surface area contributed by atoms with Crippen LogP contribution in [0.25, 0.3) is 0 Å². The Balaban J connectivity index is 0.000000791. The number of nitrogen functional groups attached to an aromatic ring is 1. The van der Waals surface area contributed by atoms with Crippen molar-refractivity contribution in [2.24, 2.45) is 5.73 Å². The molecule has 0 bridgehead atoms. The van der Waals surface area contributed by atoms with Crippen molar-refractivity contribution in [3.63, 3.8) is 0 Å². The molecule has 0 aliphatic rings. The van der Waals surface area contributed by atoms with Crippen molar-refractivity contribution >= 4 is 34.9 Å². The Kier molecular flexibility index (Phi) is 5.30. The molecular formula is C8H10Cl2N2O2. The van der Waals surface area contributed by atoms with E-state index in [1.165, 1.54) is 19.2 Å². The normalized spacial score (nSPS) is 8.86. The van der Waals surface area contributed by atoms with Gasteiger partial charge in [0.1, 0.15) is 0 Å². The van der Waals surface area contributed by atoms with Gasteiger partial charge in [-0.05, 0) is 19.2 Å². The highest BCUT2D eigenvalue weighted by molar-refractivity contribution is 6.37. The van der Waals surface area contributed by atoms with Crippen LogP contribution < -0.4 is 11.5 Å². The van der Waals surface area contributed by atoms with Gasteiger partial charge in [-0.2, -0.15) is 0 Å². The minimum Gasteiger partial charge on any atom is -0.478 e. The molecule has 0 saturated carbocycles. The van der Waals surface area contributed by atoms with E-state index >= 15 is 0 Å². The number of carboxylic acid groups (broad SMARTS) is 1. The van der Waals surface area contributed by atoms with E-state index in [0.29, 0.717) is 0 Å². The zero-order valence-corrected chi connectivity index (χ0v) is 8.93. The second-order valence-corrected chi connectivity index (χ2v) is 2.98. The number of hydrogen-bond acceptors (Lipinski definition) is 3. The molecule has 1 aromatic carbocycles. The van der Waals surface area contributed by atoms with E-state index in [-0.39, 0.29) is 21.3 Å². The number of carboxylic acids is 1. The average Bonchev–Trinajstić information content (AvgIpc) is 2.14. The van der Waals surface area contributed by atoms with Crippen molar-refractivity contribution < 1.29 is 9.90 Å². The lowest BCUT2D eigenvalue weighted by molar-refractivity contribution is 0.0697. The van der Waals surface area contributed by atoms with Crippen LogP contribution in [-0.4, -0.2) is 18.1 Å². The summed E-state index contributed by atoms with van der Waals surface area (Å²) in [5.41, 5.74) is 9.97. The highest BCUT2D eigenvalue weighted by Crippen LogP contribution is 2.27. The Morgan fingerprint density at radius 3 is 2.29 bits per heavy atom. The van der Waals surface area contributed by atoms with Crippen LogP contribution in [0.5, 0.6) is 0 Å². The molecule has 0 aromatic heterocycles. The van der Waals surface area contributed by atoms with Gasteiger partial charge in [-0.1, -0.05) is 23.2 Å². The fourth-order valence-electron chi connectivity index (χ4n) is 0.766. The third-order valence-corrected chi connectivity index (χ3v) is 1.94. The lowest BCUT2D eigenvalue weighted by Crippen LogP contribution is -2.00. The van der Waals surface area contributed by atoms with E-state index in [0.717, 1.165) is 0 Å². The molecular weight excluding hydrogens is 227 g/mol. The second kappa shape index (κ2) is 5.70. The maximum Gasteiger partial charge on any atom is 0.337 e. The molecule has 0 aliphatic carbocycles. The SMILES string of the molecule is CN.Nc1cc(Cl)cc(C(=O)O)c1Cl. The second-order valence-electron chi connectivity index (χ2n) is 2.16. The molecule has 78 valence electrons. The molecule has 0 heterocycles. The molecule has 1 rings (SSSR count).